The summed E-state index contributed by atoms with van der Waals surface area (Å²) in [6.07, 6.45) is 0. The Labute approximate surface area is 175 Å². The first-order valence-electron chi connectivity index (χ1n) is 9.39. The maximum atomic E-state index is 13.3. The fourth-order valence-electron chi connectivity index (χ4n) is 3.15. The number of amides is 2. The van der Waals surface area contributed by atoms with Gasteiger partial charge in [-0.05, 0) is 40.8 Å². The van der Waals surface area contributed by atoms with E-state index in [1.165, 1.54) is 16.7 Å². The molecule has 2 aromatic carbocycles. The van der Waals surface area contributed by atoms with E-state index < -0.39 is 0 Å². The molecule has 29 heavy (non-hydrogen) atoms. The molecule has 1 heterocycles. The average Bonchev–Trinajstić information content (AvgIpc) is 2.95. The van der Waals surface area contributed by atoms with E-state index >= 15 is 0 Å². The van der Waals surface area contributed by atoms with Gasteiger partial charge >= 0.3 is 0 Å². The number of ether oxygens (including phenoxy) is 1. The number of aliphatic hydroxyl groups is 1. The second-order valence-electron chi connectivity index (χ2n) is 7.75. The third-order valence-electron chi connectivity index (χ3n) is 4.75. The van der Waals surface area contributed by atoms with Crippen LogP contribution in [0.4, 0.5) is 5.69 Å². The molecule has 0 spiro atoms. The lowest BCUT2D eigenvalue weighted by Crippen LogP contribution is -2.31. The average molecular weight is 412 g/mol. The molecule has 5 nitrogen and oxygen atoms in total. The van der Waals surface area contributed by atoms with Crippen LogP contribution in [0.3, 0.4) is 0 Å². The molecule has 152 valence electrons. The van der Waals surface area contributed by atoms with Crippen molar-refractivity contribution in [2.75, 3.05) is 24.4 Å². The zero-order valence-electron chi connectivity index (χ0n) is 17.1. The molecule has 0 bridgehead atoms. The van der Waals surface area contributed by atoms with Gasteiger partial charge in [-0.2, -0.15) is 0 Å². The number of carbonyl (C=O) groups excluding carboxylic acids is 2. The van der Waals surface area contributed by atoms with Crippen molar-refractivity contribution in [3.05, 3.63) is 64.6 Å². The number of anilines is 1. The molecule has 0 aliphatic carbocycles. The fraction of sp³-hybridized carbons (Fsp3) is 0.304. The molecule has 0 unspecified atom stereocenters. The van der Waals surface area contributed by atoms with Gasteiger partial charge in [-0.3, -0.25) is 9.59 Å². The van der Waals surface area contributed by atoms with Gasteiger partial charge < -0.3 is 9.84 Å². The molecule has 0 fully saturated rings. The van der Waals surface area contributed by atoms with E-state index in [1.54, 1.807) is 31.4 Å². The van der Waals surface area contributed by atoms with Crippen LogP contribution in [0.15, 0.2) is 53.4 Å². The Bertz CT molecular complexity index is 940. The molecule has 0 saturated heterocycles. The van der Waals surface area contributed by atoms with Crippen molar-refractivity contribution in [2.24, 2.45) is 0 Å². The predicted molar refractivity (Wildman–Crippen MR) is 117 cm³/mol. The Morgan fingerprint density at radius 3 is 2.10 bits per heavy atom. The molecule has 3 rings (SSSR count). The highest BCUT2D eigenvalue weighted by molar-refractivity contribution is 8.04. The first-order valence-corrected chi connectivity index (χ1v) is 10.4. The molecule has 0 saturated carbocycles. The predicted octanol–water partition coefficient (Wildman–Crippen LogP) is 4.00. The minimum absolute atomic E-state index is 0.0216. The maximum absolute atomic E-state index is 13.3. The Morgan fingerprint density at radius 2 is 1.59 bits per heavy atom. The van der Waals surface area contributed by atoms with Crippen LogP contribution in [-0.4, -0.2) is 36.4 Å². The van der Waals surface area contributed by atoms with Crippen molar-refractivity contribution in [1.82, 2.24) is 0 Å². The third kappa shape index (κ3) is 4.23. The van der Waals surface area contributed by atoms with Gasteiger partial charge in [0.25, 0.3) is 11.8 Å². The van der Waals surface area contributed by atoms with Gasteiger partial charge in [0.05, 0.1) is 29.9 Å². The summed E-state index contributed by atoms with van der Waals surface area (Å²) in [6.45, 7) is 6.26. The molecule has 0 atom stereocenters. The molecule has 0 aromatic heterocycles. The van der Waals surface area contributed by atoms with Crippen LogP contribution in [0, 0.1) is 0 Å². The number of rotatable bonds is 6. The summed E-state index contributed by atoms with van der Waals surface area (Å²) in [7, 11) is 1.57. The highest BCUT2D eigenvalue weighted by Gasteiger charge is 2.40. The standard InChI is InChI=1S/C23H25NO4S/c1-23(2,3)16-7-9-17(10-8-16)24-21(26)19(20(22(24)27)29-14-13-25)15-5-11-18(28-4)12-6-15/h5-12,25H,13-14H2,1-4H3. The maximum Gasteiger partial charge on any atom is 0.272 e. The summed E-state index contributed by atoms with van der Waals surface area (Å²) in [6, 6.07) is 14.6. The van der Waals surface area contributed by atoms with E-state index in [0.29, 0.717) is 33.2 Å². The van der Waals surface area contributed by atoms with E-state index in [1.807, 2.05) is 24.3 Å². The SMILES string of the molecule is COc1ccc(C2=C(SCCO)C(=O)N(c3ccc(C(C)(C)C)cc3)C2=O)cc1. The van der Waals surface area contributed by atoms with Gasteiger partial charge in [0, 0.05) is 5.75 Å². The quantitative estimate of drug-likeness (QED) is 0.728. The number of thioether (sulfide) groups is 1. The van der Waals surface area contributed by atoms with E-state index in [4.69, 9.17) is 4.74 Å². The van der Waals surface area contributed by atoms with Gasteiger partial charge in [-0.25, -0.2) is 4.90 Å². The molecule has 0 radical (unpaired) electrons. The van der Waals surface area contributed by atoms with Crippen LogP contribution >= 0.6 is 11.8 Å². The number of imide groups is 1. The Balaban J connectivity index is 2.00. The van der Waals surface area contributed by atoms with Crippen molar-refractivity contribution in [3.63, 3.8) is 0 Å². The summed E-state index contributed by atoms with van der Waals surface area (Å²) in [5.41, 5.74) is 2.65. The minimum Gasteiger partial charge on any atom is -0.497 e. The molecule has 6 heteroatoms. The summed E-state index contributed by atoms with van der Waals surface area (Å²) >= 11 is 1.20. The summed E-state index contributed by atoms with van der Waals surface area (Å²) < 4.78 is 5.18. The van der Waals surface area contributed by atoms with Gasteiger partial charge in [-0.15, -0.1) is 11.8 Å². The number of hydrogen-bond acceptors (Lipinski definition) is 5. The smallest absolute Gasteiger partial charge is 0.272 e. The minimum atomic E-state index is -0.359. The second-order valence-corrected chi connectivity index (χ2v) is 8.85. The molecule has 1 aliphatic rings. The Hall–Kier alpha value is -2.57. The van der Waals surface area contributed by atoms with Crippen molar-refractivity contribution in [2.45, 2.75) is 26.2 Å². The number of carbonyl (C=O) groups is 2. The van der Waals surface area contributed by atoms with E-state index in [0.717, 1.165) is 5.56 Å². The van der Waals surface area contributed by atoms with Crippen LogP contribution < -0.4 is 9.64 Å². The van der Waals surface area contributed by atoms with Gasteiger partial charge in [0.15, 0.2) is 0 Å². The molecule has 2 amide bonds. The zero-order chi connectivity index (χ0) is 21.2. The number of aliphatic hydroxyl groups excluding tert-OH is 1. The lowest BCUT2D eigenvalue weighted by Gasteiger charge is -2.21. The van der Waals surface area contributed by atoms with E-state index in [9.17, 15) is 14.7 Å². The van der Waals surface area contributed by atoms with Crippen LogP contribution in [0.25, 0.3) is 5.57 Å². The first kappa shape index (κ1) is 21.1. The van der Waals surface area contributed by atoms with Crippen molar-refractivity contribution >= 4 is 34.8 Å². The highest BCUT2D eigenvalue weighted by atomic mass is 32.2. The summed E-state index contributed by atoms with van der Waals surface area (Å²) in [4.78, 5) is 28.0. The highest BCUT2D eigenvalue weighted by Crippen LogP contribution is 2.39. The van der Waals surface area contributed by atoms with Crippen LogP contribution in [-0.2, 0) is 15.0 Å². The lowest BCUT2D eigenvalue weighted by molar-refractivity contribution is -0.119. The monoisotopic (exact) mass is 411 g/mol. The van der Waals surface area contributed by atoms with Crippen LogP contribution in [0.1, 0.15) is 31.9 Å². The van der Waals surface area contributed by atoms with Crippen molar-refractivity contribution in [3.8, 4) is 5.75 Å². The Kier molecular flexibility index (Phi) is 6.15. The van der Waals surface area contributed by atoms with E-state index in [2.05, 4.69) is 20.8 Å². The second kappa shape index (κ2) is 8.43. The number of methoxy groups -OCH3 is 1. The molecular formula is C23H25NO4S. The molecule has 1 aliphatic heterocycles. The van der Waals surface area contributed by atoms with Gasteiger partial charge in [-0.1, -0.05) is 45.0 Å². The fourth-order valence-corrected chi connectivity index (χ4v) is 4.01. The number of benzene rings is 2. The van der Waals surface area contributed by atoms with Crippen LogP contribution in [0.2, 0.25) is 0 Å². The normalized spacial score (nSPS) is 14.7. The largest absolute Gasteiger partial charge is 0.497 e. The Morgan fingerprint density at radius 1 is 0.966 bits per heavy atom. The number of hydrogen-bond donors (Lipinski definition) is 1. The molecular weight excluding hydrogens is 386 g/mol. The summed E-state index contributed by atoms with van der Waals surface area (Å²) in [5.74, 6) is 0.294. The number of nitrogens with zero attached hydrogens (tertiary/aromatic N) is 1. The third-order valence-corrected chi connectivity index (χ3v) is 5.80. The lowest BCUT2D eigenvalue weighted by atomic mass is 9.87. The summed E-state index contributed by atoms with van der Waals surface area (Å²) in [5, 5.41) is 9.22. The van der Waals surface area contributed by atoms with Crippen molar-refractivity contribution < 1.29 is 19.4 Å². The first-order chi connectivity index (χ1) is 13.8. The topological polar surface area (TPSA) is 66.8 Å². The zero-order valence-corrected chi connectivity index (χ0v) is 17.9. The van der Waals surface area contributed by atoms with Crippen LogP contribution in [0.5, 0.6) is 5.75 Å². The van der Waals surface area contributed by atoms with Gasteiger partial charge in [0.1, 0.15) is 5.75 Å². The molecule has 1 N–H and O–H groups in total. The van der Waals surface area contributed by atoms with Crippen molar-refractivity contribution in [1.29, 1.82) is 0 Å². The molecule has 2 aromatic rings. The van der Waals surface area contributed by atoms with Gasteiger partial charge in [0.2, 0.25) is 0 Å². The van der Waals surface area contributed by atoms with E-state index in [-0.39, 0.29) is 23.8 Å².